The molecule has 0 radical (unpaired) electrons. The molecular weight excluding hydrogens is 240 g/mol. The molecule has 2 rings (SSSR count). The van der Waals surface area contributed by atoms with Crippen molar-refractivity contribution in [2.45, 2.75) is 20.0 Å². The highest BCUT2D eigenvalue weighted by Gasteiger charge is 2.07. The maximum absolute atomic E-state index is 5.60. The lowest BCUT2D eigenvalue weighted by atomic mass is 10.1. The third-order valence-corrected chi connectivity index (χ3v) is 2.95. The monoisotopic (exact) mass is 260 g/mol. The van der Waals surface area contributed by atoms with E-state index in [1.54, 1.807) is 7.11 Å². The van der Waals surface area contributed by atoms with Gasteiger partial charge in [0.15, 0.2) is 0 Å². The Morgan fingerprint density at radius 2 is 2.11 bits per heavy atom. The van der Waals surface area contributed by atoms with Crippen LogP contribution in [-0.4, -0.2) is 25.7 Å². The van der Waals surface area contributed by atoms with Crippen LogP contribution in [0.1, 0.15) is 18.9 Å². The van der Waals surface area contributed by atoms with Crippen LogP contribution in [0.3, 0.4) is 0 Å². The molecule has 0 bridgehead atoms. The van der Waals surface area contributed by atoms with Gasteiger partial charge in [-0.05, 0) is 24.6 Å². The third kappa shape index (κ3) is 3.15. The first-order valence-corrected chi connectivity index (χ1v) is 6.51. The molecule has 1 N–H and O–H groups in total. The highest BCUT2D eigenvalue weighted by Crippen LogP contribution is 2.24. The Hall–Kier alpha value is -1.81. The van der Waals surface area contributed by atoms with E-state index in [9.17, 15) is 0 Å². The van der Waals surface area contributed by atoms with Crippen LogP contribution in [0.2, 0.25) is 0 Å². The van der Waals surface area contributed by atoms with Gasteiger partial charge >= 0.3 is 0 Å². The lowest BCUT2D eigenvalue weighted by Crippen LogP contribution is -2.02. The van der Waals surface area contributed by atoms with Gasteiger partial charge in [0, 0.05) is 30.7 Å². The quantitative estimate of drug-likeness (QED) is 0.810. The minimum Gasteiger partial charge on any atom is -0.497 e. The highest BCUT2D eigenvalue weighted by atomic mass is 16.5. The first-order chi connectivity index (χ1) is 9.28. The molecule has 0 saturated heterocycles. The molecule has 19 heavy (non-hydrogen) atoms. The number of rotatable bonds is 6. The second-order valence-corrected chi connectivity index (χ2v) is 4.36. The van der Waals surface area contributed by atoms with E-state index < -0.39 is 0 Å². The normalized spacial score (nSPS) is 10.7. The molecule has 0 unspecified atom stereocenters. The summed E-state index contributed by atoms with van der Waals surface area (Å²) < 4.78 is 10.8. The Labute approximate surface area is 113 Å². The van der Waals surface area contributed by atoms with Gasteiger partial charge in [0.25, 0.3) is 0 Å². The Morgan fingerprint density at radius 1 is 1.26 bits per heavy atom. The minimum absolute atomic E-state index is 0.582. The van der Waals surface area contributed by atoms with Gasteiger partial charge in [-0.15, -0.1) is 0 Å². The van der Waals surface area contributed by atoms with Gasteiger partial charge in [-0.3, -0.25) is 0 Å². The molecule has 4 nitrogen and oxygen atoms in total. The average Bonchev–Trinajstić information content (AvgIpc) is 2.46. The summed E-state index contributed by atoms with van der Waals surface area (Å²) in [5.41, 5.74) is 2.00. The molecular formula is C15H20N2O2. The molecule has 0 spiro atoms. The van der Waals surface area contributed by atoms with Gasteiger partial charge < -0.3 is 14.8 Å². The van der Waals surface area contributed by atoms with E-state index in [1.807, 2.05) is 25.2 Å². The van der Waals surface area contributed by atoms with E-state index in [1.165, 1.54) is 0 Å². The molecule has 2 aromatic rings. The fourth-order valence-electron chi connectivity index (χ4n) is 1.97. The maximum atomic E-state index is 5.60. The predicted molar refractivity (Wildman–Crippen MR) is 77.8 cm³/mol. The Morgan fingerprint density at radius 3 is 2.79 bits per heavy atom. The SMILES string of the molecule is CCCOCc1cc2ccc(OC)cc2nc1NC. The lowest BCUT2D eigenvalue weighted by Gasteiger charge is -2.11. The fraction of sp³-hybridized carbons (Fsp3) is 0.400. The second-order valence-electron chi connectivity index (χ2n) is 4.36. The summed E-state index contributed by atoms with van der Waals surface area (Å²) in [6.45, 7) is 3.45. The van der Waals surface area contributed by atoms with E-state index in [0.717, 1.165) is 41.1 Å². The zero-order valence-corrected chi connectivity index (χ0v) is 11.7. The molecule has 0 atom stereocenters. The van der Waals surface area contributed by atoms with Gasteiger partial charge in [-0.25, -0.2) is 4.98 Å². The van der Waals surface area contributed by atoms with E-state index in [2.05, 4.69) is 23.3 Å². The Bertz CT molecular complexity index is 555. The number of methoxy groups -OCH3 is 1. The summed E-state index contributed by atoms with van der Waals surface area (Å²) in [7, 11) is 3.53. The molecule has 1 aromatic heterocycles. The Balaban J connectivity index is 2.35. The number of pyridine rings is 1. The standard InChI is InChI=1S/C15H20N2O2/c1-4-7-19-10-12-8-11-5-6-13(18-3)9-14(11)17-15(12)16-2/h5-6,8-9H,4,7,10H2,1-3H3,(H,16,17). The van der Waals surface area contributed by atoms with Crippen molar-refractivity contribution in [1.82, 2.24) is 4.98 Å². The molecule has 0 amide bonds. The molecule has 1 aromatic carbocycles. The van der Waals surface area contributed by atoms with Gasteiger partial charge in [-0.2, -0.15) is 0 Å². The lowest BCUT2D eigenvalue weighted by molar-refractivity contribution is 0.122. The van der Waals surface area contributed by atoms with E-state index >= 15 is 0 Å². The largest absolute Gasteiger partial charge is 0.497 e. The van der Waals surface area contributed by atoms with Crippen molar-refractivity contribution >= 4 is 16.7 Å². The average molecular weight is 260 g/mol. The van der Waals surface area contributed by atoms with Crippen LogP contribution in [0, 0.1) is 0 Å². The first-order valence-electron chi connectivity index (χ1n) is 6.51. The number of benzene rings is 1. The molecule has 4 heteroatoms. The number of fused-ring (bicyclic) bond motifs is 1. The summed E-state index contributed by atoms with van der Waals surface area (Å²) in [5, 5.41) is 4.21. The van der Waals surface area contributed by atoms with Crippen molar-refractivity contribution in [2.75, 3.05) is 26.1 Å². The zero-order valence-electron chi connectivity index (χ0n) is 11.7. The van der Waals surface area contributed by atoms with Crippen LogP contribution in [0.5, 0.6) is 5.75 Å². The summed E-state index contributed by atoms with van der Waals surface area (Å²) in [6, 6.07) is 8.01. The number of ether oxygens (including phenoxy) is 2. The molecule has 1 heterocycles. The van der Waals surface area contributed by atoms with Crippen molar-refractivity contribution in [3.63, 3.8) is 0 Å². The Kier molecular flexibility index (Phi) is 4.58. The van der Waals surface area contributed by atoms with Crippen molar-refractivity contribution in [1.29, 1.82) is 0 Å². The van der Waals surface area contributed by atoms with Gasteiger partial charge in [0.2, 0.25) is 0 Å². The van der Waals surface area contributed by atoms with Crippen LogP contribution >= 0.6 is 0 Å². The van der Waals surface area contributed by atoms with Crippen molar-refractivity contribution < 1.29 is 9.47 Å². The second kappa shape index (κ2) is 6.38. The highest BCUT2D eigenvalue weighted by molar-refractivity contribution is 5.83. The van der Waals surface area contributed by atoms with Crippen LogP contribution in [0.15, 0.2) is 24.3 Å². The van der Waals surface area contributed by atoms with Crippen molar-refractivity contribution in [3.8, 4) is 5.75 Å². The zero-order chi connectivity index (χ0) is 13.7. The van der Waals surface area contributed by atoms with E-state index in [0.29, 0.717) is 6.61 Å². The summed E-state index contributed by atoms with van der Waals surface area (Å²) in [5.74, 6) is 1.67. The number of nitrogens with zero attached hydrogens (tertiary/aromatic N) is 1. The van der Waals surface area contributed by atoms with Crippen molar-refractivity contribution in [3.05, 3.63) is 29.8 Å². The number of anilines is 1. The number of aromatic nitrogens is 1. The third-order valence-electron chi connectivity index (χ3n) is 2.95. The molecule has 0 fully saturated rings. The fourth-order valence-corrected chi connectivity index (χ4v) is 1.97. The van der Waals surface area contributed by atoms with Crippen LogP contribution < -0.4 is 10.1 Å². The smallest absolute Gasteiger partial charge is 0.131 e. The van der Waals surface area contributed by atoms with Gasteiger partial charge in [0.05, 0.1) is 19.2 Å². The first kappa shape index (κ1) is 13.6. The maximum Gasteiger partial charge on any atom is 0.131 e. The minimum atomic E-state index is 0.582. The summed E-state index contributed by atoms with van der Waals surface area (Å²) >= 11 is 0. The van der Waals surface area contributed by atoms with Gasteiger partial charge in [0.1, 0.15) is 11.6 Å². The molecule has 0 aliphatic rings. The topological polar surface area (TPSA) is 43.4 Å². The number of hydrogen-bond donors (Lipinski definition) is 1. The molecule has 0 saturated carbocycles. The van der Waals surface area contributed by atoms with E-state index in [-0.39, 0.29) is 0 Å². The number of hydrogen-bond acceptors (Lipinski definition) is 4. The van der Waals surface area contributed by atoms with Crippen LogP contribution in [0.25, 0.3) is 10.9 Å². The molecule has 0 aliphatic carbocycles. The summed E-state index contributed by atoms with van der Waals surface area (Å²) in [4.78, 5) is 4.61. The predicted octanol–water partition coefficient (Wildman–Crippen LogP) is 3.21. The molecule has 102 valence electrons. The summed E-state index contributed by atoms with van der Waals surface area (Å²) in [6.07, 6.45) is 1.02. The number of nitrogens with one attached hydrogen (secondary N) is 1. The van der Waals surface area contributed by atoms with Gasteiger partial charge in [-0.1, -0.05) is 6.92 Å². The van der Waals surface area contributed by atoms with E-state index in [4.69, 9.17) is 9.47 Å². The van der Waals surface area contributed by atoms with Crippen LogP contribution in [-0.2, 0) is 11.3 Å². The molecule has 0 aliphatic heterocycles. The van der Waals surface area contributed by atoms with Crippen LogP contribution in [0.4, 0.5) is 5.82 Å². The van der Waals surface area contributed by atoms with Crippen molar-refractivity contribution in [2.24, 2.45) is 0 Å².